The molecule has 0 aliphatic rings. The lowest BCUT2D eigenvalue weighted by molar-refractivity contribution is 0.0696. The molecule has 0 radical (unpaired) electrons. The lowest BCUT2D eigenvalue weighted by Crippen LogP contribution is -2.10. The zero-order valence-electron chi connectivity index (χ0n) is 9.96. The number of nitrogens with two attached hydrogens (primary N) is 1. The predicted molar refractivity (Wildman–Crippen MR) is 71.6 cm³/mol. The van der Waals surface area contributed by atoms with Crippen molar-refractivity contribution in [3.05, 3.63) is 59.7 Å². The van der Waals surface area contributed by atoms with Crippen LogP contribution in [0.4, 0.5) is 11.4 Å². The van der Waals surface area contributed by atoms with E-state index in [1.807, 2.05) is 0 Å². The summed E-state index contributed by atoms with van der Waals surface area (Å²) in [5.41, 5.74) is 7.18. The number of hydrogen-bond acceptors (Lipinski definition) is 3. The van der Waals surface area contributed by atoms with Gasteiger partial charge in [0, 0.05) is 16.9 Å². The Hall–Kier alpha value is -2.82. The van der Waals surface area contributed by atoms with Crippen molar-refractivity contribution in [2.75, 3.05) is 5.32 Å². The minimum Gasteiger partial charge on any atom is -0.478 e. The van der Waals surface area contributed by atoms with Gasteiger partial charge in [0.05, 0.1) is 5.56 Å². The summed E-state index contributed by atoms with van der Waals surface area (Å²) >= 11 is 0. The van der Waals surface area contributed by atoms with E-state index in [1.165, 1.54) is 12.1 Å². The molecule has 2 rings (SSSR count). The van der Waals surface area contributed by atoms with Crippen molar-refractivity contribution < 1.29 is 14.7 Å². The van der Waals surface area contributed by atoms with Gasteiger partial charge in [0.15, 0.2) is 0 Å². The Morgan fingerprint density at radius 2 is 1.63 bits per heavy atom. The molecule has 0 aliphatic heterocycles. The summed E-state index contributed by atoms with van der Waals surface area (Å²) in [5, 5.41) is 11.9. The van der Waals surface area contributed by atoms with Crippen LogP contribution in [0.2, 0.25) is 0 Å². The smallest absolute Gasteiger partial charge is 0.335 e. The van der Waals surface area contributed by atoms with E-state index in [2.05, 4.69) is 5.32 Å². The molecule has 96 valence electrons. The molecule has 5 heteroatoms. The van der Waals surface area contributed by atoms with E-state index >= 15 is 0 Å². The molecule has 0 fully saturated rings. The second kappa shape index (κ2) is 5.22. The van der Waals surface area contributed by atoms with Crippen molar-refractivity contribution in [3.63, 3.8) is 0 Å². The van der Waals surface area contributed by atoms with E-state index in [-0.39, 0.29) is 5.56 Å². The molecule has 4 N–H and O–H groups in total. The molecule has 19 heavy (non-hydrogen) atoms. The van der Waals surface area contributed by atoms with Crippen molar-refractivity contribution in [1.29, 1.82) is 0 Å². The summed E-state index contributed by atoms with van der Waals surface area (Å²) in [7, 11) is 0. The van der Waals surface area contributed by atoms with Crippen LogP contribution < -0.4 is 11.1 Å². The summed E-state index contributed by atoms with van der Waals surface area (Å²) < 4.78 is 0. The third-order valence-corrected chi connectivity index (χ3v) is 2.57. The van der Waals surface area contributed by atoms with Gasteiger partial charge in [-0.2, -0.15) is 0 Å². The quantitative estimate of drug-likeness (QED) is 0.782. The monoisotopic (exact) mass is 256 g/mol. The summed E-state index contributed by atoms with van der Waals surface area (Å²) in [6.45, 7) is 0. The van der Waals surface area contributed by atoms with Gasteiger partial charge in [-0.05, 0) is 42.5 Å². The van der Waals surface area contributed by atoms with Crippen LogP contribution in [-0.4, -0.2) is 17.0 Å². The number of carbonyl (C=O) groups is 2. The fourth-order valence-electron chi connectivity index (χ4n) is 1.61. The molecule has 0 saturated carbocycles. The van der Waals surface area contributed by atoms with Gasteiger partial charge in [0.1, 0.15) is 0 Å². The summed E-state index contributed by atoms with van der Waals surface area (Å²) in [6.07, 6.45) is 0. The number of aromatic carboxylic acids is 1. The second-order valence-electron chi connectivity index (χ2n) is 3.95. The lowest BCUT2D eigenvalue weighted by atomic mass is 10.1. The average Bonchev–Trinajstić information content (AvgIpc) is 2.39. The maximum absolute atomic E-state index is 10.9. The van der Waals surface area contributed by atoms with Crippen LogP contribution in [0.15, 0.2) is 48.5 Å². The molecular weight excluding hydrogens is 244 g/mol. The average molecular weight is 256 g/mol. The highest BCUT2D eigenvalue weighted by atomic mass is 16.4. The van der Waals surface area contributed by atoms with E-state index in [4.69, 9.17) is 10.8 Å². The van der Waals surface area contributed by atoms with Gasteiger partial charge in [-0.15, -0.1) is 0 Å². The van der Waals surface area contributed by atoms with Crippen LogP contribution in [0.3, 0.4) is 0 Å². The van der Waals surface area contributed by atoms with E-state index in [0.29, 0.717) is 11.3 Å². The number of hydrogen-bond donors (Lipinski definition) is 3. The number of carbonyl (C=O) groups excluding carboxylic acids is 1. The highest BCUT2D eigenvalue weighted by molar-refractivity contribution is 5.93. The highest BCUT2D eigenvalue weighted by Gasteiger charge is 2.04. The highest BCUT2D eigenvalue weighted by Crippen LogP contribution is 2.18. The first kappa shape index (κ1) is 12.6. The fourth-order valence-corrected chi connectivity index (χ4v) is 1.61. The van der Waals surface area contributed by atoms with Gasteiger partial charge in [0.25, 0.3) is 0 Å². The Labute approximate surface area is 109 Å². The van der Waals surface area contributed by atoms with Gasteiger partial charge < -0.3 is 16.2 Å². The number of benzene rings is 2. The van der Waals surface area contributed by atoms with Gasteiger partial charge in [0.2, 0.25) is 5.91 Å². The van der Waals surface area contributed by atoms with E-state index in [1.54, 1.807) is 36.4 Å². The second-order valence-corrected chi connectivity index (χ2v) is 3.95. The molecule has 0 spiro atoms. The largest absolute Gasteiger partial charge is 0.478 e. The molecule has 1 amide bonds. The summed E-state index contributed by atoms with van der Waals surface area (Å²) in [4.78, 5) is 21.8. The van der Waals surface area contributed by atoms with Gasteiger partial charge >= 0.3 is 5.97 Å². The van der Waals surface area contributed by atoms with Crippen molar-refractivity contribution in [1.82, 2.24) is 0 Å². The van der Waals surface area contributed by atoms with Crippen molar-refractivity contribution in [2.24, 2.45) is 5.73 Å². The number of rotatable bonds is 4. The first-order valence-electron chi connectivity index (χ1n) is 5.56. The van der Waals surface area contributed by atoms with Gasteiger partial charge in [-0.1, -0.05) is 6.07 Å². The van der Waals surface area contributed by atoms with Crippen LogP contribution in [0.5, 0.6) is 0 Å². The fraction of sp³-hybridized carbons (Fsp3) is 0. The number of amides is 1. The third kappa shape index (κ3) is 3.10. The number of carboxylic acid groups (broad SMARTS) is 1. The number of anilines is 2. The molecule has 5 nitrogen and oxygen atoms in total. The zero-order chi connectivity index (χ0) is 13.8. The third-order valence-electron chi connectivity index (χ3n) is 2.57. The van der Waals surface area contributed by atoms with Crippen LogP contribution in [0, 0.1) is 0 Å². The number of carboxylic acids is 1. The molecule has 0 aliphatic carbocycles. The maximum atomic E-state index is 10.9. The van der Waals surface area contributed by atoms with E-state index in [0.717, 1.165) is 5.69 Å². The van der Waals surface area contributed by atoms with Crippen LogP contribution in [0.1, 0.15) is 20.7 Å². The van der Waals surface area contributed by atoms with Gasteiger partial charge in [-0.3, -0.25) is 4.79 Å². The normalized spacial score (nSPS) is 9.89. The maximum Gasteiger partial charge on any atom is 0.335 e. The SMILES string of the molecule is NC(=O)c1ccc(Nc2cccc(C(=O)O)c2)cc1. The number of nitrogens with one attached hydrogen (secondary N) is 1. The standard InChI is InChI=1S/C14H12N2O3/c15-13(17)9-4-6-11(7-5-9)16-12-3-1-2-10(8-12)14(18)19/h1-8,16H,(H2,15,17)(H,18,19). The minimum atomic E-state index is -0.979. The molecule has 0 atom stereocenters. The molecule has 2 aromatic carbocycles. The van der Waals surface area contributed by atoms with Crippen LogP contribution in [-0.2, 0) is 0 Å². The Bertz CT molecular complexity index is 621. The Kier molecular flexibility index (Phi) is 3.47. The predicted octanol–water partition coefficient (Wildman–Crippen LogP) is 2.23. The molecule has 0 unspecified atom stereocenters. The molecule has 0 heterocycles. The molecule has 0 bridgehead atoms. The molecule has 0 aromatic heterocycles. The Morgan fingerprint density at radius 1 is 0.947 bits per heavy atom. The summed E-state index contributed by atoms with van der Waals surface area (Å²) in [5.74, 6) is -1.47. The summed E-state index contributed by atoms with van der Waals surface area (Å²) in [6, 6.07) is 13.1. The van der Waals surface area contributed by atoms with Crippen molar-refractivity contribution in [3.8, 4) is 0 Å². The Balaban J connectivity index is 2.19. The molecular formula is C14H12N2O3. The van der Waals surface area contributed by atoms with E-state index in [9.17, 15) is 9.59 Å². The molecule has 2 aromatic rings. The van der Waals surface area contributed by atoms with Crippen LogP contribution in [0.25, 0.3) is 0 Å². The van der Waals surface area contributed by atoms with Crippen molar-refractivity contribution >= 4 is 23.3 Å². The number of primary amides is 1. The first-order valence-corrected chi connectivity index (χ1v) is 5.56. The van der Waals surface area contributed by atoms with Crippen molar-refractivity contribution in [2.45, 2.75) is 0 Å². The Morgan fingerprint density at radius 3 is 2.21 bits per heavy atom. The van der Waals surface area contributed by atoms with Crippen LogP contribution >= 0.6 is 0 Å². The first-order chi connectivity index (χ1) is 9.06. The molecule has 0 saturated heterocycles. The van der Waals surface area contributed by atoms with Gasteiger partial charge in [-0.25, -0.2) is 4.79 Å². The minimum absolute atomic E-state index is 0.207. The lowest BCUT2D eigenvalue weighted by Gasteiger charge is -2.07. The van der Waals surface area contributed by atoms with E-state index < -0.39 is 11.9 Å². The topological polar surface area (TPSA) is 92.4 Å². The zero-order valence-corrected chi connectivity index (χ0v) is 9.96.